The number of nitriles is 1. The first-order valence-corrected chi connectivity index (χ1v) is 5.37. The number of aliphatic hydroxyl groups is 1. The standard InChI is InChI=1S/C13H15NO/c1-10-5-6-13(15,8-10)12-4-2-3-11(7-12)9-14/h2-4,7,10,15H,5-6,8H2,1H3/t10-,13+/m0/s1. The molecule has 0 amide bonds. The van der Waals surface area contributed by atoms with Crippen LogP contribution in [0.25, 0.3) is 0 Å². The van der Waals surface area contributed by atoms with Gasteiger partial charge in [-0.25, -0.2) is 0 Å². The number of hydrogen-bond donors (Lipinski definition) is 1. The van der Waals surface area contributed by atoms with Gasteiger partial charge in [-0.05, 0) is 42.9 Å². The highest BCUT2D eigenvalue weighted by Gasteiger charge is 2.36. The minimum Gasteiger partial charge on any atom is -0.385 e. The topological polar surface area (TPSA) is 44.0 Å². The molecule has 1 saturated carbocycles. The summed E-state index contributed by atoms with van der Waals surface area (Å²) in [5.74, 6) is 0.570. The molecule has 1 aliphatic carbocycles. The Kier molecular flexibility index (Phi) is 2.50. The highest BCUT2D eigenvalue weighted by atomic mass is 16.3. The Bertz CT molecular complexity index is 407. The van der Waals surface area contributed by atoms with Gasteiger partial charge in [-0.15, -0.1) is 0 Å². The SMILES string of the molecule is C[C@H]1CC[C@](O)(c2cccc(C#N)c2)C1. The van der Waals surface area contributed by atoms with E-state index < -0.39 is 5.60 Å². The van der Waals surface area contributed by atoms with Crippen molar-refractivity contribution >= 4 is 0 Å². The first-order chi connectivity index (χ1) is 7.14. The normalized spacial score (nSPS) is 30.1. The zero-order valence-corrected chi connectivity index (χ0v) is 8.90. The summed E-state index contributed by atoms with van der Waals surface area (Å²) in [5, 5.41) is 19.3. The lowest BCUT2D eigenvalue weighted by Crippen LogP contribution is -2.21. The highest BCUT2D eigenvalue weighted by Crippen LogP contribution is 2.41. The smallest absolute Gasteiger partial charge is 0.0991 e. The molecule has 1 aromatic carbocycles. The zero-order chi connectivity index (χ0) is 10.9. The molecule has 0 heterocycles. The molecule has 0 aromatic heterocycles. The second-order valence-corrected chi connectivity index (χ2v) is 4.57. The second kappa shape index (κ2) is 3.67. The number of rotatable bonds is 1. The third-order valence-corrected chi connectivity index (χ3v) is 3.27. The Labute approximate surface area is 90.2 Å². The molecule has 1 N–H and O–H groups in total. The van der Waals surface area contributed by atoms with Gasteiger partial charge in [0.15, 0.2) is 0 Å². The average Bonchev–Trinajstić information content (AvgIpc) is 2.60. The molecule has 2 nitrogen and oxygen atoms in total. The summed E-state index contributed by atoms with van der Waals surface area (Å²) >= 11 is 0. The van der Waals surface area contributed by atoms with Gasteiger partial charge in [-0.1, -0.05) is 19.1 Å². The molecular formula is C13H15NO. The van der Waals surface area contributed by atoms with Crippen molar-refractivity contribution in [2.75, 3.05) is 0 Å². The fourth-order valence-corrected chi connectivity index (χ4v) is 2.41. The maximum Gasteiger partial charge on any atom is 0.0991 e. The molecule has 0 spiro atoms. The summed E-state index contributed by atoms with van der Waals surface area (Å²) in [4.78, 5) is 0. The molecule has 1 aliphatic rings. The molecule has 0 radical (unpaired) electrons. The molecule has 2 heteroatoms. The van der Waals surface area contributed by atoms with E-state index in [4.69, 9.17) is 5.26 Å². The first-order valence-electron chi connectivity index (χ1n) is 5.37. The van der Waals surface area contributed by atoms with Crippen LogP contribution in [-0.4, -0.2) is 5.11 Å². The van der Waals surface area contributed by atoms with Crippen LogP contribution in [0.5, 0.6) is 0 Å². The van der Waals surface area contributed by atoms with Crippen LogP contribution in [0.2, 0.25) is 0 Å². The maximum absolute atomic E-state index is 10.4. The van der Waals surface area contributed by atoms with Gasteiger partial charge in [0.25, 0.3) is 0 Å². The van der Waals surface area contributed by atoms with Crippen molar-refractivity contribution in [3.05, 3.63) is 35.4 Å². The first kappa shape index (κ1) is 10.2. The van der Waals surface area contributed by atoms with Crippen molar-refractivity contribution in [3.8, 4) is 6.07 Å². The quantitative estimate of drug-likeness (QED) is 0.758. The number of hydrogen-bond acceptors (Lipinski definition) is 2. The molecule has 1 fully saturated rings. The van der Waals surface area contributed by atoms with E-state index in [9.17, 15) is 5.11 Å². The van der Waals surface area contributed by atoms with Crippen LogP contribution < -0.4 is 0 Å². The van der Waals surface area contributed by atoms with Crippen LogP contribution in [0, 0.1) is 17.2 Å². The van der Waals surface area contributed by atoms with Gasteiger partial charge < -0.3 is 5.11 Å². The fourth-order valence-electron chi connectivity index (χ4n) is 2.41. The van der Waals surface area contributed by atoms with Gasteiger partial charge in [0.05, 0.1) is 17.2 Å². The third-order valence-electron chi connectivity index (χ3n) is 3.27. The molecule has 78 valence electrons. The van der Waals surface area contributed by atoms with E-state index in [2.05, 4.69) is 13.0 Å². The lowest BCUT2D eigenvalue weighted by atomic mass is 9.90. The average molecular weight is 201 g/mol. The maximum atomic E-state index is 10.4. The second-order valence-electron chi connectivity index (χ2n) is 4.57. The van der Waals surface area contributed by atoms with Crippen LogP contribution in [0.3, 0.4) is 0 Å². The van der Waals surface area contributed by atoms with Crippen molar-refractivity contribution in [2.24, 2.45) is 5.92 Å². The Morgan fingerprint density at radius 3 is 2.93 bits per heavy atom. The predicted octanol–water partition coefficient (Wildman–Crippen LogP) is 2.57. The van der Waals surface area contributed by atoms with Crippen LogP contribution in [0.15, 0.2) is 24.3 Å². The van der Waals surface area contributed by atoms with E-state index >= 15 is 0 Å². The van der Waals surface area contributed by atoms with Crippen molar-refractivity contribution in [1.82, 2.24) is 0 Å². The van der Waals surface area contributed by atoms with Gasteiger partial charge in [0.2, 0.25) is 0 Å². The minimum atomic E-state index is -0.702. The summed E-state index contributed by atoms with van der Waals surface area (Å²) < 4.78 is 0. The Balaban J connectivity index is 2.33. The lowest BCUT2D eigenvalue weighted by molar-refractivity contribution is 0.0407. The van der Waals surface area contributed by atoms with E-state index in [0.717, 1.165) is 24.8 Å². The van der Waals surface area contributed by atoms with Gasteiger partial charge in [0.1, 0.15) is 0 Å². The molecule has 1 aromatic rings. The van der Waals surface area contributed by atoms with Gasteiger partial charge >= 0.3 is 0 Å². The van der Waals surface area contributed by atoms with Crippen molar-refractivity contribution < 1.29 is 5.11 Å². The molecule has 15 heavy (non-hydrogen) atoms. The van der Waals surface area contributed by atoms with E-state index in [-0.39, 0.29) is 0 Å². The molecule has 0 aliphatic heterocycles. The summed E-state index contributed by atoms with van der Waals surface area (Å²) in [6.45, 7) is 2.16. The van der Waals surface area contributed by atoms with Crippen LogP contribution in [0.4, 0.5) is 0 Å². The molecule has 0 unspecified atom stereocenters. The van der Waals surface area contributed by atoms with Crippen LogP contribution in [-0.2, 0) is 5.60 Å². The van der Waals surface area contributed by atoms with Gasteiger partial charge in [-0.3, -0.25) is 0 Å². The van der Waals surface area contributed by atoms with Crippen molar-refractivity contribution in [2.45, 2.75) is 31.8 Å². The minimum absolute atomic E-state index is 0.570. The molecular weight excluding hydrogens is 186 g/mol. The highest BCUT2D eigenvalue weighted by molar-refractivity contribution is 5.36. The van der Waals surface area contributed by atoms with Gasteiger partial charge in [0, 0.05) is 0 Å². The van der Waals surface area contributed by atoms with Gasteiger partial charge in [-0.2, -0.15) is 5.26 Å². The van der Waals surface area contributed by atoms with E-state index in [1.54, 1.807) is 12.1 Å². The Hall–Kier alpha value is -1.33. The third kappa shape index (κ3) is 1.88. The zero-order valence-electron chi connectivity index (χ0n) is 8.90. The number of benzene rings is 1. The van der Waals surface area contributed by atoms with Crippen LogP contribution in [0.1, 0.15) is 37.3 Å². The van der Waals surface area contributed by atoms with Crippen molar-refractivity contribution in [1.29, 1.82) is 5.26 Å². The van der Waals surface area contributed by atoms with Crippen molar-refractivity contribution in [3.63, 3.8) is 0 Å². The lowest BCUT2D eigenvalue weighted by Gasteiger charge is -2.23. The molecule has 0 bridgehead atoms. The van der Waals surface area contributed by atoms with E-state index in [1.807, 2.05) is 12.1 Å². The largest absolute Gasteiger partial charge is 0.385 e. The Morgan fingerprint density at radius 1 is 1.53 bits per heavy atom. The summed E-state index contributed by atoms with van der Waals surface area (Å²) in [6.07, 6.45) is 2.68. The fraction of sp³-hybridized carbons (Fsp3) is 0.462. The summed E-state index contributed by atoms with van der Waals surface area (Å²) in [7, 11) is 0. The summed E-state index contributed by atoms with van der Waals surface area (Å²) in [5.41, 5.74) is 0.818. The Morgan fingerprint density at radius 2 is 2.33 bits per heavy atom. The molecule has 2 atom stereocenters. The summed E-state index contributed by atoms with van der Waals surface area (Å²) in [6, 6.07) is 9.44. The van der Waals surface area contributed by atoms with E-state index in [0.29, 0.717) is 11.5 Å². The molecule has 2 rings (SSSR count). The predicted molar refractivity (Wildman–Crippen MR) is 58.1 cm³/mol. The number of nitrogens with zero attached hydrogens (tertiary/aromatic N) is 1. The molecule has 0 saturated heterocycles. The van der Waals surface area contributed by atoms with E-state index in [1.165, 1.54) is 0 Å². The van der Waals surface area contributed by atoms with Crippen LogP contribution >= 0.6 is 0 Å². The monoisotopic (exact) mass is 201 g/mol.